The minimum absolute atomic E-state index is 0.156. The van der Waals surface area contributed by atoms with Gasteiger partial charge in [0.15, 0.2) is 0 Å². The molecule has 0 spiro atoms. The molecule has 16 heavy (non-hydrogen) atoms. The number of hydrogen-bond donors (Lipinski definition) is 0. The van der Waals surface area contributed by atoms with Crippen molar-refractivity contribution in [3.05, 3.63) is 55.7 Å². The fourth-order valence-electron chi connectivity index (χ4n) is 1.40. The molecule has 1 heterocycles. The second kappa shape index (κ2) is 5.09. The summed E-state index contributed by atoms with van der Waals surface area (Å²) in [6.07, 6.45) is 0. The van der Waals surface area contributed by atoms with Gasteiger partial charge in [-0.3, -0.25) is 0 Å². The number of aryl methyl sites for hydroxylation is 1. The van der Waals surface area contributed by atoms with Gasteiger partial charge in [0.1, 0.15) is 0 Å². The van der Waals surface area contributed by atoms with Gasteiger partial charge in [0.05, 0.1) is 9.16 Å². The monoisotopic (exact) mass is 334 g/mol. The van der Waals surface area contributed by atoms with Crippen LogP contribution in [-0.2, 0) is 0 Å². The number of hydrogen-bond acceptors (Lipinski definition) is 1. The summed E-state index contributed by atoms with van der Waals surface area (Å²) in [6.45, 7) is 2.00. The van der Waals surface area contributed by atoms with Gasteiger partial charge in [-0.25, -0.2) is 0 Å². The first-order valence-electron chi connectivity index (χ1n) is 4.73. The summed E-state index contributed by atoms with van der Waals surface area (Å²) < 4.78 is 0.803. The van der Waals surface area contributed by atoms with Crippen LogP contribution in [0, 0.1) is 6.92 Å². The first kappa shape index (κ1) is 12.4. The maximum absolute atomic E-state index is 6.11. The van der Waals surface area contributed by atoms with Gasteiger partial charge in [-0.15, -0.1) is 11.3 Å². The standard InChI is InChI=1S/C12H9BrCl2S/c1-7-2-3-8(6-9(7)14)12(13)10-4-5-11(15)16-10/h2-6,12H,1H3. The third-order valence-electron chi connectivity index (χ3n) is 2.33. The Morgan fingerprint density at radius 1 is 1.19 bits per heavy atom. The highest BCUT2D eigenvalue weighted by atomic mass is 79.9. The molecule has 84 valence electrons. The van der Waals surface area contributed by atoms with E-state index in [2.05, 4.69) is 22.0 Å². The van der Waals surface area contributed by atoms with Gasteiger partial charge in [-0.05, 0) is 36.2 Å². The molecule has 0 saturated heterocycles. The Bertz CT molecular complexity index is 507. The highest BCUT2D eigenvalue weighted by Crippen LogP contribution is 2.37. The largest absolute Gasteiger partial charge is 0.127 e. The number of halogens is 3. The van der Waals surface area contributed by atoms with E-state index >= 15 is 0 Å². The number of thiophene rings is 1. The van der Waals surface area contributed by atoms with Gasteiger partial charge >= 0.3 is 0 Å². The SMILES string of the molecule is Cc1ccc(C(Br)c2ccc(Cl)s2)cc1Cl. The summed E-state index contributed by atoms with van der Waals surface area (Å²) in [4.78, 5) is 1.34. The third-order valence-corrected chi connectivity index (χ3v) is 5.36. The lowest BCUT2D eigenvalue weighted by atomic mass is 10.1. The zero-order valence-corrected chi connectivity index (χ0v) is 12.4. The molecule has 0 saturated carbocycles. The van der Waals surface area contributed by atoms with E-state index in [0.29, 0.717) is 0 Å². The molecule has 0 amide bonds. The Labute approximate surface area is 117 Å². The van der Waals surface area contributed by atoms with Crippen LogP contribution < -0.4 is 0 Å². The van der Waals surface area contributed by atoms with Crippen LogP contribution in [0.25, 0.3) is 0 Å². The van der Waals surface area contributed by atoms with E-state index in [4.69, 9.17) is 23.2 Å². The number of rotatable bonds is 2. The van der Waals surface area contributed by atoms with E-state index in [1.807, 2.05) is 31.2 Å². The van der Waals surface area contributed by atoms with Crippen LogP contribution in [0.15, 0.2) is 30.3 Å². The molecule has 2 aromatic rings. The lowest BCUT2D eigenvalue weighted by Crippen LogP contribution is -1.90. The minimum Gasteiger partial charge on any atom is -0.127 e. The summed E-state index contributed by atoms with van der Waals surface area (Å²) in [5.41, 5.74) is 2.24. The molecule has 0 fully saturated rings. The van der Waals surface area contributed by atoms with E-state index in [1.165, 1.54) is 4.88 Å². The quantitative estimate of drug-likeness (QED) is 0.604. The zero-order chi connectivity index (χ0) is 11.7. The summed E-state index contributed by atoms with van der Waals surface area (Å²) in [6, 6.07) is 10.0. The van der Waals surface area contributed by atoms with Crippen molar-refractivity contribution in [1.29, 1.82) is 0 Å². The molecule has 0 radical (unpaired) electrons. The fourth-order valence-corrected chi connectivity index (χ4v) is 3.37. The first-order chi connectivity index (χ1) is 7.58. The van der Waals surface area contributed by atoms with Crippen LogP contribution in [0.2, 0.25) is 9.36 Å². The van der Waals surface area contributed by atoms with Gasteiger partial charge in [0, 0.05) is 9.90 Å². The predicted molar refractivity (Wildman–Crippen MR) is 76.3 cm³/mol. The lowest BCUT2D eigenvalue weighted by Gasteiger charge is -2.09. The molecule has 1 aromatic heterocycles. The summed E-state index contributed by atoms with van der Waals surface area (Å²) in [7, 11) is 0. The topological polar surface area (TPSA) is 0 Å². The van der Waals surface area contributed by atoms with Crippen molar-refractivity contribution in [2.45, 2.75) is 11.8 Å². The Morgan fingerprint density at radius 3 is 2.50 bits per heavy atom. The van der Waals surface area contributed by atoms with Crippen molar-refractivity contribution in [3.8, 4) is 0 Å². The second-order valence-electron chi connectivity index (χ2n) is 3.51. The van der Waals surface area contributed by atoms with Gasteiger partial charge in [0.25, 0.3) is 0 Å². The zero-order valence-electron chi connectivity index (χ0n) is 8.51. The van der Waals surface area contributed by atoms with Crippen molar-refractivity contribution in [1.82, 2.24) is 0 Å². The van der Waals surface area contributed by atoms with Gasteiger partial charge < -0.3 is 0 Å². The van der Waals surface area contributed by atoms with Crippen LogP contribution in [0.3, 0.4) is 0 Å². The molecule has 0 nitrogen and oxygen atoms in total. The van der Waals surface area contributed by atoms with Crippen molar-refractivity contribution >= 4 is 50.5 Å². The molecular weight excluding hydrogens is 327 g/mol. The molecule has 0 N–H and O–H groups in total. The van der Waals surface area contributed by atoms with Crippen LogP contribution in [0.1, 0.15) is 20.8 Å². The molecule has 0 bridgehead atoms. The lowest BCUT2D eigenvalue weighted by molar-refractivity contribution is 1.22. The van der Waals surface area contributed by atoms with E-state index in [-0.39, 0.29) is 4.83 Å². The Hall–Kier alpha value is -0.0200. The molecule has 0 aliphatic heterocycles. The molecule has 0 aliphatic carbocycles. The summed E-state index contributed by atoms with van der Waals surface area (Å²) >= 11 is 17.3. The minimum atomic E-state index is 0.156. The van der Waals surface area contributed by atoms with Crippen LogP contribution in [0.4, 0.5) is 0 Å². The van der Waals surface area contributed by atoms with Gasteiger partial charge in [-0.2, -0.15) is 0 Å². The maximum Gasteiger partial charge on any atom is 0.0931 e. The molecule has 2 rings (SSSR count). The predicted octanol–water partition coefficient (Wildman–Crippen LogP) is 5.85. The number of alkyl halides is 1. The molecule has 0 aliphatic rings. The normalized spacial score (nSPS) is 12.8. The maximum atomic E-state index is 6.11. The van der Waals surface area contributed by atoms with Crippen LogP contribution in [0.5, 0.6) is 0 Å². The van der Waals surface area contributed by atoms with E-state index in [0.717, 1.165) is 20.5 Å². The van der Waals surface area contributed by atoms with E-state index in [1.54, 1.807) is 11.3 Å². The van der Waals surface area contributed by atoms with Crippen LogP contribution in [-0.4, -0.2) is 0 Å². The molecule has 1 aromatic carbocycles. The smallest absolute Gasteiger partial charge is 0.0931 e. The number of benzene rings is 1. The summed E-state index contributed by atoms with van der Waals surface area (Å²) in [5.74, 6) is 0. The van der Waals surface area contributed by atoms with Gasteiger partial charge in [-0.1, -0.05) is 51.3 Å². The fraction of sp³-hybridized carbons (Fsp3) is 0.167. The van der Waals surface area contributed by atoms with E-state index in [9.17, 15) is 0 Å². The summed E-state index contributed by atoms with van der Waals surface area (Å²) in [5, 5.41) is 0.796. The molecule has 4 heteroatoms. The highest BCUT2D eigenvalue weighted by molar-refractivity contribution is 9.09. The first-order valence-corrected chi connectivity index (χ1v) is 7.22. The van der Waals surface area contributed by atoms with Crippen molar-refractivity contribution in [2.75, 3.05) is 0 Å². The third kappa shape index (κ3) is 2.62. The average Bonchev–Trinajstić information content (AvgIpc) is 2.68. The molecular formula is C12H9BrCl2S. The Kier molecular flexibility index (Phi) is 3.96. The molecule has 1 atom stereocenters. The van der Waals surface area contributed by atoms with E-state index < -0.39 is 0 Å². The van der Waals surface area contributed by atoms with Crippen molar-refractivity contribution in [2.24, 2.45) is 0 Å². The Balaban J connectivity index is 2.33. The highest BCUT2D eigenvalue weighted by Gasteiger charge is 2.13. The average molecular weight is 336 g/mol. The van der Waals surface area contributed by atoms with Crippen LogP contribution >= 0.6 is 50.5 Å². The second-order valence-corrected chi connectivity index (χ2v) is 6.58. The molecule has 1 unspecified atom stereocenters. The van der Waals surface area contributed by atoms with Gasteiger partial charge in [0.2, 0.25) is 0 Å². The van der Waals surface area contributed by atoms with Crippen molar-refractivity contribution in [3.63, 3.8) is 0 Å². The van der Waals surface area contributed by atoms with Crippen molar-refractivity contribution < 1.29 is 0 Å². The Morgan fingerprint density at radius 2 is 1.94 bits per heavy atom.